The van der Waals surface area contributed by atoms with Gasteiger partial charge in [-0.3, -0.25) is 0 Å². The van der Waals surface area contributed by atoms with Crippen LogP contribution in [0.2, 0.25) is 0 Å². The first kappa shape index (κ1) is 17.7. The van der Waals surface area contributed by atoms with E-state index in [1.54, 1.807) is 0 Å². The number of rotatable bonds is 0. The molecular formula is C28H12N4O. The zero-order valence-corrected chi connectivity index (χ0v) is 17.1. The summed E-state index contributed by atoms with van der Waals surface area (Å²) in [7, 11) is 0. The van der Waals surface area contributed by atoms with Crippen molar-refractivity contribution in [2.24, 2.45) is 0 Å². The van der Waals surface area contributed by atoms with Crippen molar-refractivity contribution < 1.29 is 4.42 Å². The molecule has 0 atom stereocenters. The number of aromatic nitrogens is 2. The highest BCUT2D eigenvalue weighted by molar-refractivity contribution is 6.32. The third kappa shape index (κ3) is 2.28. The van der Waals surface area contributed by atoms with E-state index in [9.17, 15) is 5.26 Å². The minimum absolute atomic E-state index is 0.0172. The molecule has 5 heteroatoms. The van der Waals surface area contributed by atoms with E-state index in [2.05, 4.69) is 45.1 Å². The maximum atomic E-state index is 9.59. The summed E-state index contributed by atoms with van der Waals surface area (Å²) in [5.74, 6) is 0.0172. The Morgan fingerprint density at radius 3 is 2.36 bits per heavy atom. The predicted molar refractivity (Wildman–Crippen MR) is 130 cm³/mol. The molecule has 0 fully saturated rings. The van der Waals surface area contributed by atoms with Crippen LogP contribution in [0.3, 0.4) is 0 Å². The van der Waals surface area contributed by atoms with E-state index in [1.807, 2.05) is 48.5 Å². The third-order valence-electron chi connectivity index (χ3n) is 6.31. The lowest BCUT2D eigenvalue weighted by Gasteiger charge is -2.11. The highest BCUT2D eigenvalue weighted by Crippen LogP contribution is 2.41. The summed E-state index contributed by atoms with van der Waals surface area (Å²) in [6.45, 7) is 7.51. The van der Waals surface area contributed by atoms with Gasteiger partial charge in [-0.05, 0) is 39.7 Å². The van der Waals surface area contributed by atoms with Crippen molar-refractivity contribution in [2.75, 3.05) is 0 Å². The van der Waals surface area contributed by atoms with Gasteiger partial charge in [0.15, 0.2) is 11.2 Å². The van der Waals surface area contributed by atoms with Crippen LogP contribution in [-0.2, 0) is 0 Å². The van der Waals surface area contributed by atoms with Gasteiger partial charge in [-0.1, -0.05) is 61.2 Å². The summed E-state index contributed by atoms with van der Waals surface area (Å²) in [4.78, 5) is 12.7. The fourth-order valence-corrected chi connectivity index (χ4v) is 4.89. The van der Waals surface area contributed by atoms with Crippen LogP contribution >= 0.6 is 0 Å². The first-order valence-corrected chi connectivity index (χ1v) is 10.4. The molecule has 150 valence electrons. The number of furan rings is 1. The summed E-state index contributed by atoms with van der Waals surface area (Å²) in [6.07, 6.45) is 0. The molecule has 0 N–H and O–H groups in total. The van der Waals surface area contributed by atoms with Crippen molar-refractivity contribution in [3.05, 3.63) is 89.9 Å². The fourth-order valence-electron chi connectivity index (χ4n) is 4.89. The lowest BCUT2D eigenvalue weighted by molar-refractivity contribution is 0.669. The van der Waals surface area contributed by atoms with Crippen LogP contribution in [-0.4, -0.2) is 9.97 Å². The number of hydrogen-bond acceptors (Lipinski definition) is 4. The fraction of sp³-hybridized carbons (Fsp3) is 0. The number of nitrogens with zero attached hydrogens (tertiary/aromatic N) is 4. The molecule has 2 heterocycles. The van der Waals surface area contributed by atoms with Crippen molar-refractivity contribution in [3.63, 3.8) is 0 Å². The summed E-state index contributed by atoms with van der Waals surface area (Å²) in [5.41, 5.74) is 2.90. The second kappa shape index (κ2) is 6.26. The molecule has 5 aromatic carbocycles. The summed E-state index contributed by atoms with van der Waals surface area (Å²) in [6, 6.07) is 26.4. The van der Waals surface area contributed by atoms with E-state index in [0.29, 0.717) is 11.0 Å². The van der Waals surface area contributed by atoms with E-state index >= 15 is 0 Å². The van der Waals surface area contributed by atoms with Gasteiger partial charge in [0.05, 0.1) is 0 Å². The van der Waals surface area contributed by atoms with Crippen LogP contribution in [0, 0.1) is 17.9 Å². The number of hydrogen-bond donors (Lipinski definition) is 0. The van der Waals surface area contributed by atoms with E-state index < -0.39 is 0 Å². The molecule has 0 saturated heterocycles. The molecule has 5 nitrogen and oxygen atoms in total. The normalized spacial score (nSPS) is 11.6. The monoisotopic (exact) mass is 420 g/mol. The van der Waals surface area contributed by atoms with Crippen molar-refractivity contribution in [1.29, 1.82) is 5.26 Å². The standard InChI is InChI=1S/C28H12N4O/c1-30-28-22(14-29)31-26-18-11-10-15-6-2-3-7-16(15)25(18)20-13-24-19(12-21(20)27(26)32-28)17-8-4-5-9-23(17)33-24/h2-13H. The minimum atomic E-state index is 0.0172. The second-order valence-electron chi connectivity index (χ2n) is 8.02. The van der Waals surface area contributed by atoms with Crippen LogP contribution in [0.1, 0.15) is 5.69 Å². The lowest BCUT2D eigenvalue weighted by Crippen LogP contribution is -1.94. The molecule has 0 unspecified atom stereocenters. The van der Waals surface area contributed by atoms with Gasteiger partial charge in [0, 0.05) is 21.5 Å². The number of benzene rings is 5. The lowest BCUT2D eigenvalue weighted by atomic mass is 9.93. The topological polar surface area (TPSA) is 67.1 Å². The van der Waals surface area contributed by atoms with Crippen molar-refractivity contribution in [1.82, 2.24) is 9.97 Å². The molecule has 0 amide bonds. The average molecular weight is 420 g/mol. The zero-order valence-electron chi connectivity index (χ0n) is 17.1. The molecule has 0 radical (unpaired) electrons. The van der Waals surface area contributed by atoms with Crippen LogP contribution in [0.5, 0.6) is 0 Å². The third-order valence-corrected chi connectivity index (χ3v) is 6.31. The van der Waals surface area contributed by atoms with Gasteiger partial charge in [0.25, 0.3) is 0 Å². The van der Waals surface area contributed by atoms with E-state index in [1.165, 1.54) is 0 Å². The molecule has 0 saturated carbocycles. The molecule has 0 bridgehead atoms. The molecule has 7 rings (SSSR count). The molecule has 0 aliphatic carbocycles. The van der Waals surface area contributed by atoms with Gasteiger partial charge in [0.2, 0.25) is 0 Å². The molecule has 7 aromatic rings. The largest absolute Gasteiger partial charge is 0.456 e. The minimum Gasteiger partial charge on any atom is -0.456 e. The Hall–Kier alpha value is -5.00. The summed E-state index contributed by atoms with van der Waals surface area (Å²) >= 11 is 0. The van der Waals surface area contributed by atoms with Crippen molar-refractivity contribution in [3.8, 4) is 6.07 Å². The average Bonchev–Trinajstić information content (AvgIpc) is 3.24. The van der Waals surface area contributed by atoms with Crippen LogP contribution in [0.25, 0.3) is 70.1 Å². The summed E-state index contributed by atoms with van der Waals surface area (Å²) < 4.78 is 6.19. The maximum Gasteiger partial charge on any atom is 0.307 e. The first-order valence-electron chi connectivity index (χ1n) is 10.4. The SMILES string of the molecule is [C-]#[N+]c1nc2c3cc4c(cc3c3c5ccccc5ccc3c2nc1C#N)oc1ccccc14. The predicted octanol–water partition coefficient (Wildman–Crippen LogP) is 7.41. The maximum absolute atomic E-state index is 9.59. The Morgan fingerprint density at radius 1 is 0.727 bits per heavy atom. The van der Waals surface area contributed by atoms with Gasteiger partial charge in [-0.2, -0.15) is 5.26 Å². The highest BCUT2D eigenvalue weighted by Gasteiger charge is 2.20. The molecular weight excluding hydrogens is 408 g/mol. The van der Waals surface area contributed by atoms with E-state index in [-0.39, 0.29) is 11.5 Å². The zero-order chi connectivity index (χ0) is 22.1. The second-order valence-corrected chi connectivity index (χ2v) is 8.02. The van der Waals surface area contributed by atoms with E-state index in [0.717, 1.165) is 54.3 Å². The molecule has 0 spiro atoms. The van der Waals surface area contributed by atoms with E-state index in [4.69, 9.17) is 11.0 Å². The molecule has 0 aliphatic rings. The summed E-state index contributed by atoms with van der Waals surface area (Å²) in [5, 5.41) is 17.6. The van der Waals surface area contributed by atoms with Crippen molar-refractivity contribution in [2.45, 2.75) is 0 Å². The van der Waals surface area contributed by atoms with Gasteiger partial charge in [-0.25, -0.2) is 4.98 Å². The van der Waals surface area contributed by atoms with Crippen LogP contribution < -0.4 is 0 Å². The Labute approximate surface area is 186 Å². The van der Waals surface area contributed by atoms with Crippen LogP contribution in [0.4, 0.5) is 5.82 Å². The Kier molecular flexibility index (Phi) is 3.35. The van der Waals surface area contributed by atoms with Gasteiger partial charge < -0.3 is 9.26 Å². The number of para-hydroxylation sites is 1. The smallest absolute Gasteiger partial charge is 0.307 e. The first-order chi connectivity index (χ1) is 16.3. The van der Waals surface area contributed by atoms with Gasteiger partial charge in [0.1, 0.15) is 22.8 Å². The Bertz CT molecular complexity index is 2060. The Morgan fingerprint density at radius 2 is 1.52 bits per heavy atom. The van der Waals surface area contributed by atoms with Gasteiger partial charge in [-0.15, -0.1) is 4.98 Å². The quantitative estimate of drug-likeness (QED) is 0.189. The number of fused-ring (bicyclic) bond motifs is 11. The van der Waals surface area contributed by atoms with Crippen LogP contribution in [0.15, 0.2) is 77.2 Å². The molecule has 33 heavy (non-hydrogen) atoms. The molecule has 2 aromatic heterocycles. The molecule has 0 aliphatic heterocycles. The number of nitriles is 1. The Balaban J connectivity index is 1.84. The van der Waals surface area contributed by atoms with Crippen molar-refractivity contribution >= 4 is 71.1 Å². The van der Waals surface area contributed by atoms with Gasteiger partial charge >= 0.3 is 5.82 Å². The highest BCUT2D eigenvalue weighted by atomic mass is 16.3.